The highest BCUT2D eigenvalue weighted by atomic mass is 14.2. The molecule has 10 rings (SSSR count). The van der Waals surface area contributed by atoms with Crippen LogP contribution in [0.25, 0.3) is 98.4 Å². The lowest BCUT2D eigenvalue weighted by Crippen LogP contribution is -1.93. The largest absolute Gasteiger partial charge is 0.0636 e. The summed E-state index contributed by atoms with van der Waals surface area (Å²) < 4.78 is 261. The molecule has 50 heavy (non-hydrogen) atoms. The van der Waals surface area contributed by atoms with E-state index >= 15 is 0 Å². The highest BCUT2D eigenvalue weighted by Gasteiger charge is 2.19. The minimum absolute atomic E-state index is 0.321. The molecule has 0 saturated carbocycles. The second-order valence-corrected chi connectivity index (χ2v) is 11.0. The molecule has 0 amide bonds. The van der Waals surface area contributed by atoms with Gasteiger partial charge in [-0.15, -0.1) is 0 Å². The van der Waals surface area contributed by atoms with Gasteiger partial charge in [0.2, 0.25) is 0 Å². The zero-order chi connectivity index (χ0) is 58.3. The molecule has 0 saturated heterocycles. The minimum Gasteiger partial charge on any atom is -0.0622 e. The Morgan fingerprint density at radius 2 is 0.740 bits per heavy atom. The summed E-state index contributed by atoms with van der Waals surface area (Å²) in [6.45, 7) is 0. The Balaban J connectivity index is 1.53. The molecule has 0 radical (unpaired) electrons. The van der Waals surface area contributed by atoms with Gasteiger partial charge in [0.25, 0.3) is 0 Å². The zero-order valence-corrected chi connectivity index (χ0v) is 25.2. The van der Waals surface area contributed by atoms with E-state index < -0.39 is 257 Å². The van der Waals surface area contributed by atoms with E-state index in [1.165, 1.54) is 0 Å². The normalized spacial score (nSPS) is 19.7. The highest BCUT2D eigenvalue weighted by Crippen LogP contribution is 2.47. The van der Waals surface area contributed by atoms with E-state index in [1.807, 2.05) is 0 Å². The number of benzene rings is 10. The van der Waals surface area contributed by atoms with Gasteiger partial charge in [0.1, 0.15) is 0 Å². The molecule has 232 valence electrons. The maximum absolute atomic E-state index is 9.65. The van der Waals surface area contributed by atoms with Crippen molar-refractivity contribution >= 4 is 53.9 Å². The van der Waals surface area contributed by atoms with Crippen LogP contribution in [0.15, 0.2) is 193 Å². The van der Waals surface area contributed by atoms with Gasteiger partial charge >= 0.3 is 0 Å². The first-order valence-corrected chi connectivity index (χ1v) is 15.0. The van der Waals surface area contributed by atoms with Crippen LogP contribution in [0.2, 0.25) is 0 Å². The number of fused-ring (bicyclic) bond motifs is 6. The Labute approximate surface area is 332 Å². The summed E-state index contributed by atoms with van der Waals surface area (Å²) in [5, 5.41) is -6.17. The predicted octanol–water partition coefficient (Wildman–Crippen LogP) is 14.1. The summed E-state index contributed by atoms with van der Waals surface area (Å²) in [6, 6.07) is -21.9. The van der Waals surface area contributed by atoms with Gasteiger partial charge in [-0.2, -0.15) is 0 Å². The molecule has 10 aromatic rings. The van der Waals surface area contributed by atoms with Crippen molar-refractivity contribution in [3.63, 3.8) is 0 Å². The maximum Gasteiger partial charge on any atom is 0.0636 e. The molecule has 0 bridgehead atoms. The number of rotatable bonds is 4. The molecule has 0 aliphatic carbocycles. The molecule has 0 atom stereocenters. The Morgan fingerprint density at radius 3 is 1.34 bits per heavy atom. The second kappa shape index (κ2) is 11.6. The van der Waals surface area contributed by atoms with Crippen molar-refractivity contribution in [3.8, 4) is 44.5 Å². The lowest BCUT2D eigenvalue weighted by atomic mass is 9.83. The van der Waals surface area contributed by atoms with Crippen LogP contribution in [-0.4, -0.2) is 0 Å². The van der Waals surface area contributed by atoms with Gasteiger partial charge in [-0.3, -0.25) is 0 Å². The molecule has 0 fully saturated rings. The SMILES string of the molecule is [2H]c1c([2H])c([2H])c(-c2cc(-c3c([2H])c([2H])c([2H])c([2H])c3[2H])cc(-c3c4c([2H])c([2H])c([2H])c([2H])c4c(-c4c([2H])c([2H])c([2H])c5c4c([2H])c([2H])c4c([2H])c6c([2H])c([2H])c([2H])c([2H])c6c([2H])c45)c4c([2H])c([2H])c([2H])c([2H])c34)c2)c([2H])c1[2H]. The average Bonchev–Trinajstić information content (AvgIpc) is 3.53. The first-order chi connectivity index (χ1) is 36.9. The van der Waals surface area contributed by atoms with E-state index in [1.54, 1.807) is 0 Å². The molecule has 0 nitrogen and oxygen atoms in total. The minimum atomic E-state index is -1.01. The van der Waals surface area contributed by atoms with Gasteiger partial charge in [-0.1, -0.05) is 163 Å². The van der Waals surface area contributed by atoms with Crippen molar-refractivity contribution in [1.82, 2.24) is 0 Å². The molecule has 10 aromatic carbocycles. The Morgan fingerprint density at radius 1 is 0.260 bits per heavy atom. The van der Waals surface area contributed by atoms with Crippen molar-refractivity contribution in [1.29, 1.82) is 0 Å². The molecule has 0 N–H and O–H groups in total. The summed E-state index contributed by atoms with van der Waals surface area (Å²) in [7, 11) is 0. The third kappa shape index (κ3) is 4.61. The van der Waals surface area contributed by atoms with Crippen molar-refractivity contribution < 1.29 is 39.8 Å². The lowest BCUT2D eigenvalue weighted by Gasteiger charge is -2.20. The van der Waals surface area contributed by atoms with Crippen molar-refractivity contribution in [2.45, 2.75) is 0 Å². The summed E-state index contributed by atoms with van der Waals surface area (Å²) in [5.41, 5.74) is -4.00. The van der Waals surface area contributed by atoms with Crippen LogP contribution in [-0.2, 0) is 0 Å². The molecule has 0 heterocycles. The van der Waals surface area contributed by atoms with Gasteiger partial charge < -0.3 is 0 Å². The van der Waals surface area contributed by atoms with Crippen LogP contribution in [0.5, 0.6) is 0 Å². The quantitative estimate of drug-likeness (QED) is 0.130. The van der Waals surface area contributed by atoms with E-state index in [2.05, 4.69) is 0 Å². The Bertz CT molecular complexity index is 4360. The molecule has 0 aromatic heterocycles. The lowest BCUT2D eigenvalue weighted by molar-refractivity contribution is 1.58. The van der Waals surface area contributed by atoms with Crippen molar-refractivity contribution in [2.24, 2.45) is 0 Å². The van der Waals surface area contributed by atoms with Gasteiger partial charge in [-0.25, -0.2) is 0 Å². The van der Waals surface area contributed by atoms with E-state index in [9.17, 15) is 15.1 Å². The van der Waals surface area contributed by atoms with Crippen molar-refractivity contribution in [2.75, 3.05) is 0 Å². The van der Waals surface area contributed by atoms with Crippen molar-refractivity contribution in [3.05, 3.63) is 193 Å². The Hall–Kier alpha value is -6.50. The zero-order valence-electron chi connectivity index (χ0n) is 54.2. The fraction of sp³-hybridized carbons (Fsp3) is 0. The van der Waals surface area contributed by atoms with Crippen LogP contribution in [0.1, 0.15) is 39.8 Å². The third-order valence-electron chi connectivity index (χ3n) is 8.30. The monoisotopic (exact) mass is 661 g/mol. The van der Waals surface area contributed by atoms with Gasteiger partial charge in [0.15, 0.2) is 0 Å². The van der Waals surface area contributed by atoms with Crippen LogP contribution in [0.3, 0.4) is 0 Å². The maximum atomic E-state index is 9.65. The molecular weight excluding hydrogens is 601 g/mol. The average molecular weight is 662 g/mol. The van der Waals surface area contributed by atoms with E-state index in [4.69, 9.17) is 24.7 Å². The topological polar surface area (TPSA) is 0 Å². The molecule has 0 aliphatic heterocycles. The predicted molar refractivity (Wildman–Crippen MR) is 216 cm³/mol. The van der Waals surface area contributed by atoms with Crippen LogP contribution < -0.4 is 0 Å². The fourth-order valence-corrected chi connectivity index (χ4v) is 6.20. The number of hydrogen-bond donors (Lipinski definition) is 0. The molecule has 0 unspecified atom stereocenters. The summed E-state index contributed by atoms with van der Waals surface area (Å²) >= 11 is 0. The summed E-state index contributed by atoms with van der Waals surface area (Å²) in [4.78, 5) is 0. The van der Waals surface area contributed by atoms with Gasteiger partial charge in [0, 0.05) is 0 Å². The third-order valence-corrected chi connectivity index (χ3v) is 8.30. The Kier molecular flexibility index (Phi) is 2.74. The van der Waals surface area contributed by atoms with Crippen LogP contribution in [0, 0.1) is 0 Å². The summed E-state index contributed by atoms with van der Waals surface area (Å²) in [6.07, 6.45) is 0. The van der Waals surface area contributed by atoms with E-state index in [0.717, 1.165) is 18.2 Å². The summed E-state index contributed by atoms with van der Waals surface area (Å²) in [5.74, 6) is 0. The molecular formula is C50H32. The highest BCUT2D eigenvalue weighted by molar-refractivity contribution is 6.25. The molecule has 0 aliphatic rings. The number of hydrogen-bond acceptors (Lipinski definition) is 0. The van der Waals surface area contributed by atoms with Gasteiger partial charge in [-0.05, 0) is 129 Å². The smallest absolute Gasteiger partial charge is 0.0622 e. The van der Waals surface area contributed by atoms with E-state index in [0.29, 0.717) is 0 Å². The van der Waals surface area contributed by atoms with E-state index in [-0.39, 0.29) is 16.7 Å². The standard InChI is InChI=1S/C50H32/c1-3-14-33(15-4-1)38-29-39(34-16-5-2-6-17-34)31-40(30-38)49-44-20-9-11-22-46(44)50(47-23-12-10-21-45(47)49)43-25-13-24-41-42(43)27-26-37-28-35-18-7-8-19-36(35)32-48(37)41/h1-32H/i1D,2D,3D,4D,5D,6D,7D,8D,9D,10D,11D,12D,13D,14D,15D,16D,17D,18D,19D,20D,21D,22D,23D,24D,25D,26D,27D,28D,32D. The van der Waals surface area contributed by atoms with Crippen LogP contribution >= 0.6 is 0 Å². The van der Waals surface area contributed by atoms with Crippen LogP contribution in [0.4, 0.5) is 0 Å². The first kappa shape index (κ1) is 11.8. The molecule has 0 heteroatoms. The molecule has 0 spiro atoms. The van der Waals surface area contributed by atoms with Gasteiger partial charge in [0.05, 0.1) is 39.8 Å². The first-order valence-electron chi connectivity index (χ1n) is 29.5. The second-order valence-electron chi connectivity index (χ2n) is 11.0. The fourth-order valence-electron chi connectivity index (χ4n) is 6.20.